The van der Waals surface area contributed by atoms with E-state index in [9.17, 15) is 10.2 Å². The van der Waals surface area contributed by atoms with Crippen molar-refractivity contribution in [3.8, 4) is 0 Å². The lowest BCUT2D eigenvalue weighted by Gasteiger charge is -2.16. The van der Waals surface area contributed by atoms with Crippen LogP contribution in [-0.4, -0.2) is 78.7 Å². The van der Waals surface area contributed by atoms with E-state index >= 15 is 0 Å². The third-order valence-corrected chi connectivity index (χ3v) is 4.97. The topological polar surface area (TPSA) is 183 Å². The van der Waals surface area contributed by atoms with Gasteiger partial charge in [-0.25, -0.2) is 29.9 Å². The molecule has 4 aromatic rings. The Morgan fingerprint density at radius 3 is 2.40 bits per heavy atom. The molecule has 1 aliphatic rings. The molecule has 0 spiro atoms. The molecule has 0 amide bonds. The van der Waals surface area contributed by atoms with Gasteiger partial charge in [0.05, 0.1) is 18.6 Å². The van der Waals surface area contributed by atoms with Gasteiger partial charge in [0, 0.05) is 0 Å². The standard InChI is InChI=1S/C10H13N5O4.C6H6N4S/c11-8-5-9(13-2-12-8)15(3-14-5)10-7(18)6(17)4(1-16)19-10;1-4-5-6(8-2-7-4)10(11)3-9-5/h2-4,6-7,10,16-18H,1H2,(H2,11,12,13);2-3,11H,1H3/t4-,6-,7-,10-;/m1./s1. The van der Waals surface area contributed by atoms with E-state index in [1.807, 2.05) is 6.92 Å². The number of aryl methyl sites for hydroxylation is 1. The molecule has 14 heteroatoms. The first-order valence-electron chi connectivity index (χ1n) is 8.81. The quantitative estimate of drug-likeness (QED) is 0.240. The molecule has 1 aliphatic heterocycles. The lowest BCUT2D eigenvalue weighted by atomic mass is 10.1. The summed E-state index contributed by atoms with van der Waals surface area (Å²) in [7, 11) is 0. The average molecular weight is 433 g/mol. The fourth-order valence-electron chi connectivity index (χ4n) is 3.11. The van der Waals surface area contributed by atoms with Crippen LogP contribution in [0.4, 0.5) is 5.82 Å². The minimum atomic E-state index is -1.19. The zero-order valence-electron chi connectivity index (χ0n) is 15.7. The van der Waals surface area contributed by atoms with Gasteiger partial charge in [0.15, 0.2) is 23.3 Å². The van der Waals surface area contributed by atoms with Crippen molar-refractivity contribution in [3.05, 3.63) is 31.0 Å². The maximum absolute atomic E-state index is 9.95. The van der Waals surface area contributed by atoms with Crippen LogP contribution in [0.15, 0.2) is 25.3 Å². The van der Waals surface area contributed by atoms with Crippen molar-refractivity contribution in [2.75, 3.05) is 12.3 Å². The van der Waals surface area contributed by atoms with E-state index in [-0.39, 0.29) is 5.82 Å². The Morgan fingerprint density at radius 2 is 1.70 bits per heavy atom. The van der Waals surface area contributed by atoms with Crippen LogP contribution in [0, 0.1) is 6.92 Å². The van der Waals surface area contributed by atoms with Gasteiger partial charge in [0.1, 0.15) is 48.3 Å². The predicted octanol–water partition coefficient (Wildman–Crippen LogP) is -1.15. The summed E-state index contributed by atoms with van der Waals surface area (Å²) >= 11 is 4.11. The Hall–Kier alpha value is -2.91. The van der Waals surface area contributed by atoms with Crippen LogP contribution in [0.3, 0.4) is 0 Å². The lowest BCUT2D eigenvalue weighted by Crippen LogP contribution is -2.33. The highest BCUT2D eigenvalue weighted by Crippen LogP contribution is 2.31. The summed E-state index contributed by atoms with van der Waals surface area (Å²) in [6.07, 6.45) is 1.69. The molecule has 1 saturated heterocycles. The van der Waals surface area contributed by atoms with Crippen LogP contribution in [0.25, 0.3) is 22.3 Å². The monoisotopic (exact) mass is 433 g/mol. The molecule has 1 fully saturated rings. The average Bonchev–Trinajstić information content (AvgIpc) is 3.41. The summed E-state index contributed by atoms with van der Waals surface area (Å²) in [5.74, 6) is 0.218. The molecule has 0 aromatic carbocycles. The van der Waals surface area contributed by atoms with Crippen LogP contribution in [-0.2, 0) is 4.74 Å². The highest BCUT2D eigenvalue weighted by molar-refractivity contribution is 7.78. The molecule has 0 radical (unpaired) electrons. The first kappa shape index (κ1) is 20.4. The van der Waals surface area contributed by atoms with Gasteiger partial charge in [0.2, 0.25) is 0 Å². The molecule has 5 heterocycles. The van der Waals surface area contributed by atoms with Crippen molar-refractivity contribution in [1.82, 2.24) is 38.4 Å². The summed E-state index contributed by atoms with van der Waals surface area (Å²) in [6.45, 7) is 1.50. The molecule has 4 aromatic heterocycles. The number of aliphatic hydroxyl groups is 3. The van der Waals surface area contributed by atoms with E-state index in [0.717, 1.165) is 16.9 Å². The normalized spacial score (nSPS) is 23.6. The Morgan fingerprint density at radius 1 is 1.00 bits per heavy atom. The fourth-order valence-corrected chi connectivity index (χ4v) is 3.30. The molecule has 13 nitrogen and oxygen atoms in total. The number of hydrogen-bond acceptors (Lipinski definition) is 12. The number of nitrogens with two attached hydrogens (primary N) is 1. The molecule has 0 unspecified atom stereocenters. The van der Waals surface area contributed by atoms with Gasteiger partial charge < -0.3 is 25.8 Å². The number of nitrogens with zero attached hydrogens (tertiary/aromatic N) is 8. The van der Waals surface area contributed by atoms with Gasteiger partial charge in [0.25, 0.3) is 0 Å². The second-order valence-corrected chi connectivity index (χ2v) is 6.96. The number of thiol groups is 1. The number of rotatable bonds is 2. The Bertz CT molecular complexity index is 1180. The number of nitrogen functional groups attached to an aromatic ring is 1. The maximum Gasteiger partial charge on any atom is 0.173 e. The first-order valence-corrected chi connectivity index (χ1v) is 9.21. The second-order valence-electron chi connectivity index (χ2n) is 6.53. The van der Waals surface area contributed by atoms with Crippen molar-refractivity contribution in [2.45, 2.75) is 31.5 Å². The molecule has 5 N–H and O–H groups in total. The molecule has 0 bridgehead atoms. The van der Waals surface area contributed by atoms with Gasteiger partial charge in [-0.05, 0) is 6.92 Å². The SMILES string of the molecule is Cc1ncnc2c1ncn2S.Nc1ncnc2c1ncn2[C@@H]1O[C@H](CO)[C@@H](O)[C@H]1O. The van der Waals surface area contributed by atoms with Gasteiger partial charge in [-0.1, -0.05) is 12.8 Å². The molecular formula is C16H19N9O4S. The van der Waals surface area contributed by atoms with Crippen molar-refractivity contribution >= 4 is 41.0 Å². The van der Waals surface area contributed by atoms with Crippen molar-refractivity contribution in [3.63, 3.8) is 0 Å². The summed E-state index contributed by atoms with van der Waals surface area (Å²) < 4.78 is 8.43. The zero-order valence-corrected chi connectivity index (χ0v) is 16.6. The maximum atomic E-state index is 9.95. The van der Waals surface area contributed by atoms with Gasteiger partial charge in [-0.3, -0.25) is 8.54 Å². The van der Waals surface area contributed by atoms with E-state index in [1.54, 1.807) is 10.3 Å². The Balaban J connectivity index is 0.000000168. The summed E-state index contributed by atoms with van der Waals surface area (Å²) in [6, 6.07) is 0. The van der Waals surface area contributed by atoms with Crippen LogP contribution in [0.2, 0.25) is 0 Å². The number of imidazole rings is 2. The Kier molecular flexibility index (Phi) is 5.48. The van der Waals surface area contributed by atoms with Gasteiger partial charge >= 0.3 is 0 Å². The van der Waals surface area contributed by atoms with Crippen LogP contribution in [0.5, 0.6) is 0 Å². The van der Waals surface area contributed by atoms with E-state index in [2.05, 4.69) is 42.7 Å². The highest BCUT2D eigenvalue weighted by Gasteiger charge is 2.43. The molecule has 0 aliphatic carbocycles. The number of anilines is 1. The zero-order chi connectivity index (χ0) is 21.4. The van der Waals surface area contributed by atoms with Gasteiger partial charge in [-0.2, -0.15) is 0 Å². The summed E-state index contributed by atoms with van der Waals surface area (Å²) in [5.41, 5.74) is 8.88. The number of hydrogen-bond donors (Lipinski definition) is 5. The molecule has 0 saturated carbocycles. The minimum Gasteiger partial charge on any atom is -0.394 e. The van der Waals surface area contributed by atoms with Crippen LogP contribution < -0.4 is 5.73 Å². The van der Waals surface area contributed by atoms with Crippen molar-refractivity contribution < 1.29 is 20.1 Å². The first-order chi connectivity index (χ1) is 14.4. The lowest BCUT2D eigenvalue weighted by molar-refractivity contribution is -0.0511. The predicted molar refractivity (Wildman–Crippen MR) is 107 cm³/mol. The molecule has 30 heavy (non-hydrogen) atoms. The second kappa shape index (κ2) is 8.08. The van der Waals surface area contributed by atoms with Crippen LogP contribution >= 0.6 is 12.8 Å². The Labute approximate surface area is 174 Å². The summed E-state index contributed by atoms with van der Waals surface area (Å²) in [5, 5.41) is 28.7. The third kappa shape index (κ3) is 3.44. The van der Waals surface area contributed by atoms with Gasteiger partial charge in [-0.15, -0.1) is 0 Å². The minimum absolute atomic E-state index is 0.218. The number of fused-ring (bicyclic) bond motifs is 2. The number of ether oxygens (including phenoxy) is 1. The number of aromatic nitrogens is 8. The molecule has 4 atom stereocenters. The highest BCUT2D eigenvalue weighted by atomic mass is 32.1. The van der Waals surface area contributed by atoms with E-state index in [0.29, 0.717) is 11.2 Å². The van der Waals surface area contributed by atoms with E-state index in [1.165, 1.54) is 23.5 Å². The van der Waals surface area contributed by atoms with E-state index in [4.69, 9.17) is 15.6 Å². The number of aliphatic hydroxyl groups excluding tert-OH is 3. The molecule has 158 valence electrons. The molecular weight excluding hydrogens is 414 g/mol. The third-order valence-electron chi connectivity index (χ3n) is 4.68. The van der Waals surface area contributed by atoms with Crippen LogP contribution in [0.1, 0.15) is 11.9 Å². The smallest absolute Gasteiger partial charge is 0.173 e. The van der Waals surface area contributed by atoms with Crippen molar-refractivity contribution in [1.29, 1.82) is 0 Å². The van der Waals surface area contributed by atoms with Crippen molar-refractivity contribution in [2.24, 2.45) is 0 Å². The van der Waals surface area contributed by atoms with E-state index < -0.39 is 31.1 Å². The largest absolute Gasteiger partial charge is 0.394 e. The summed E-state index contributed by atoms with van der Waals surface area (Å²) in [4.78, 5) is 24.0. The fraction of sp³-hybridized carbons (Fsp3) is 0.375. The molecule has 5 rings (SSSR count).